The van der Waals surface area contributed by atoms with Crippen LogP contribution in [0, 0.1) is 5.92 Å². The van der Waals surface area contributed by atoms with E-state index in [-0.39, 0.29) is 15.6 Å². The van der Waals surface area contributed by atoms with Gasteiger partial charge >= 0.3 is 0 Å². The molecule has 0 N–H and O–H groups in total. The van der Waals surface area contributed by atoms with Crippen molar-refractivity contribution in [1.82, 2.24) is 9.78 Å². The van der Waals surface area contributed by atoms with Gasteiger partial charge in [-0.3, -0.25) is 4.79 Å². The Bertz CT molecular complexity index is 401. The van der Waals surface area contributed by atoms with Crippen LogP contribution in [-0.2, 0) is 11.3 Å². The third-order valence-corrected chi connectivity index (χ3v) is 2.83. The SMILES string of the molecule is O=c1c(Cl)c(Cl)cnn1CC1COC1. The van der Waals surface area contributed by atoms with Crippen LogP contribution in [0.25, 0.3) is 0 Å². The van der Waals surface area contributed by atoms with Crippen LogP contribution in [-0.4, -0.2) is 23.0 Å². The van der Waals surface area contributed by atoms with Crippen LogP contribution in [0.5, 0.6) is 0 Å². The molecule has 0 amide bonds. The van der Waals surface area contributed by atoms with E-state index in [1.165, 1.54) is 10.9 Å². The Morgan fingerprint density at radius 1 is 1.57 bits per heavy atom. The van der Waals surface area contributed by atoms with Crippen molar-refractivity contribution >= 4 is 23.2 Å². The van der Waals surface area contributed by atoms with Gasteiger partial charge in [-0.2, -0.15) is 5.10 Å². The highest BCUT2D eigenvalue weighted by molar-refractivity contribution is 6.41. The van der Waals surface area contributed by atoms with E-state index in [9.17, 15) is 4.79 Å². The van der Waals surface area contributed by atoms with Crippen LogP contribution < -0.4 is 5.56 Å². The van der Waals surface area contributed by atoms with Crippen molar-refractivity contribution < 1.29 is 4.74 Å². The smallest absolute Gasteiger partial charge is 0.287 e. The van der Waals surface area contributed by atoms with Crippen molar-refractivity contribution in [3.63, 3.8) is 0 Å². The molecule has 14 heavy (non-hydrogen) atoms. The summed E-state index contributed by atoms with van der Waals surface area (Å²) in [5, 5.41) is 4.11. The van der Waals surface area contributed by atoms with Crippen molar-refractivity contribution in [3.05, 3.63) is 26.6 Å². The fraction of sp³-hybridized carbons (Fsp3) is 0.500. The van der Waals surface area contributed by atoms with Crippen LogP contribution in [0.2, 0.25) is 10.0 Å². The lowest BCUT2D eigenvalue weighted by Gasteiger charge is -2.25. The minimum atomic E-state index is -0.342. The lowest BCUT2D eigenvalue weighted by atomic mass is 10.1. The van der Waals surface area contributed by atoms with E-state index in [1.807, 2.05) is 0 Å². The Labute approximate surface area is 90.4 Å². The first kappa shape index (κ1) is 9.96. The molecule has 0 atom stereocenters. The summed E-state index contributed by atoms with van der Waals surface area (Å²) in [6, 6.07) is 0. The molecule has 0 aromatic carbocycles. The summed E-state index contributed by atoms with van der Waals surface area (Å²) < 4.78 is 6.32. The van der Waals surface area contributed by atoms with E-state index in [0.29, 0.717) is 25.7 Å². The minimum absolute atomic E-state index is 0.0295. The quantitative estimate of drug-likeness (QED) is 0.773. The summed E-state index contributed by atoms with van der Waals surface area (Å²) >= 11 is 11.3. The van der Waals surface area contributed by atoms with Crippen molar-refractivity contribution in [2.24, 2.45) is 5.92 Å². The molecule has 2 heterocycles. The Kier molecular flexibility index (Phi) is 2.76. The first-order valence-corrected chi connectivity index (χ1v) is 4.93. The molecule has 76 valence electrons. The van der Waals surface area contributed by atoms with Gasteiger partial charge in [0, 0.05) is 5.92 Å². The summed E-state index contributed by atoms with van der Waals surface area (Å²) in [5.74, 6) is 0.359. The highest BCUT2D eigenvalue weighted by Gasteiger charge is 2.20. The first-order valence-electron chi connectivity index (χ1n) is 4.17. The summed E-state index contributed by atoms with van der Waals surface area (Å²) in [5.41, 5.74) is -0.342. The van der Waals surface area contributed by atoms with Crippen molar-refractivity contribution in [1.29, 1.82) is 0 Å². The number of nitrogens with zero attached hydrogens (tertiary/aromatic N) is 2. The van der Waals surface area contributed by atoms with Gasteiger partial charge in [-0.25, -0.2) is 4.68 Å². The van der Waals surface area contributed by atoms with Crippen LogP contribution in [0.1, 0.15) is 0 Å². The topological polar surface area (TPSA) is 44.1 Å². The average molecular weight is 235 g/mol. The zero-order chi connectivity index (χ0) is 10.1. The van der Waals surface area contributed by atoms with Gasteiger partial charge in [0.1, 0.15) is 5.02 Å². The van der Waals surface area contributed by atoms with Crippen LogP contribution >= 0.6 is 23.2 Å². The van der Waals surface area contributed by atoms with Gasteiger partial charge in [-0.05, 0) is 0 Å². The standard InChI is InChI=1S/C8H8Cl2N2O2/c9-6-1-11-12(8(13)7(6)10)2-5-3-14-4-5/h1,5H,2-4H2. The van der Waals surface area contributed by atoms with Gasteiger partial charge in [-0.1, -0.05) is 23.2 Å². The Hall–Kier alpha value is -0.580. The maximum Gasteiger partial charge on any atom is 0.287 e. The summed E-state index contributed by atoms with van der Waals surface area (Å²) in [7, 11) is 0. The van der Waals surface area contributed by atoms with E-state index >= 15 is 0 Å². The van der Waals surface area contributed by atoms with Crippen molar-refractivity contribution in [2.75, 3.05) is 13.2 Å². The molecule has 2 rings (SSSR count). The first-order chi connectivity index (χ1) is 6.68. The van der Waals surface area contributed by atoms with E-state index in [4.69, 9.17) is 27.9 Å². The molecule has 0 saturated carbocycles. The molecular formula is C8H8Cl2N2O2. The molecule has 1 saturated heterocycles. The Balaban J connectivity index is 2.25. The number of rotatable bonds is 2. The number of aromatic nitrogens is 2. The second kappa shape index (κ2) is 3.88. The molecule has 6 heteroatoms. The Morgan fingerprint density at radius 3 is 2.86 bits per heavy atom. The van der Waals surface area contributed by atoms with Crippen LogP contribution in [0.4, 0.5) is 0 Å². The highest BCUT2D eigenvalue weighted by Crippen LogP contribution is 2.16. The van der Waals surface area contributed by atoms with E-state index < -0.39 is 0 Å². The summed E-state index contributed by atoms with van der Waals surface area (Å²) in [6.07, 6.45) is 1.38. The fourth-order valence-electron chi connectivity index (χ4n) is 1.21. The number of hydrogen-bond donors (Lipinski definition) is 0. The number of ether oxygens (including phenoxy) is 1. The predicted molar refractivity (Wildman–Crippen MR) is 52.8 cm³/mol. The van der Waals surface area contributed by atoms with E-state index in [1.54, 1.807) is 0 Å². The zero-order valence-electron chi connectivity index (χ0n) is 7.24. The second-order valence-corrected chi connectivity index (χ2v) is 3.98. The van der Waals surface area contributed by atoms with E-state index in [2.05, 4.69) is 5.10 Å². The maximum absolute atomic E-state index is 11.5. The number of halogens is 2. The molecule has 1 aromatic heterocycles. The summed E-state index contributed by atoms with van der Waals surface area (Å²) in [6.45, 7) is 1.89. The minimum Gasteiger partial charge on any atom is -0.381 e. The molecule has 0 unspecified atom stereocenters. The van der Waals surface area contributed by atoms with Crippen molar-refractivity contribution in [3.8, 4) is 0 Å². The largest absolute Gasteiger partial charge is 0.381 e. The van der Waals surface area contributed by atoms with Gasteiger partial charge in [0.05, 0.1) is 31.0 Å². The lowest BCUT2D eigenvalue weighted by Crippen LogP contribution is -2.36. The molecule has 1 aliphatic heterocycles. The highest BCUT2D eigenvalue weighted by atomic mass is 35.5. The molecule has 0 spiro atoms. The molecule has 1 aliphatic rings. The van der Waals surface area contributed by atoms with Crippen LogP contribution in [0.3, 0.4) is 0 Å². The number of hydrogen-bond acceptors (Lipinski definition) is 3. The van der Waals surface area contributed by atoms with Crippen molar-refractivity contribution in [2.45, 2.75) is 6.54 Å². The normalized spacial score (nSPS) is 16.7. The predicted octanol–water partition coefficient (Wildman–Crippen LogP) is 1.20. The fourth-order valence-corrected chi connectivity index (χ4v) is 1.48. The Morgan fingerprint density at radius 2 is 2.29 bits per heavy atom. The third kappa shape index (κ3) is 1.78. The van der Waals surface area contributed by atoms with Crippen LogP contribution in [0.15, 0.2) is 11.0 Å². The molecule has 0 bridgehead atoms. The van der Waals surface area contributed by atoms with Gasteiger partial charge in [-0.15, -0.1) is 0 Å². The van der Waals surface area contributed by atoms with Gasteiger partial charge in [0.25, 0.3) is 5.56 Å². The monoisotopic (exact) mass is 234 g/mol. The zero-order valence-corrected chi connectivity index (χ0v) is 8.75. The van der Waals surface area contributed by atoms with Gasteiger partial charge < -0.3 is 4.74 Å². The van der Waals surface area contributed by atoms with Gasteiger partial charge in [0.15, 0.2) is 0 Å². The maximum atomic E-state index is 11.5. The molecule has 4 nitrogen and oxygen atoms in total. The lowest BCUT2D eigenvalue weighted by molar-refractivity contribution is -0.0414. The average Bonchev–Trinajstić information content (AvgIpc) is 2.10. The second-order valence-electron chi connectivity index (χ2n) is 3.20. The molecule has 1 aromatic rings. The molecule has 0 radical (unpaired) electrons. The van der Waals surface area contributed by atoms with Gasteiger partial charge in [0.2, 0.25) is 0 Å². The molecular weight excluding hydrogens is 227 g/mol. The summed E-state index contributed by atoms with van der Waals surface area (Å²) in [4.78, 5) is 11.5. The molecule has 0 aliphatic carbocycles. The molecule has 1 fully saturated rings. The van der Waals surface area contributed by atoms with E-state index in [0.717, 1.165) is 0 Å². The third-order valence-electron chi connectivity index (χ3n) is 2.08.